The van der Waals surface area contributed by atoms with Crippen molar-refractivity contribution in [2.24, 2.45) is 29.6 Å². The molecule has 0 unspecified atom stereocenters. The van der Waals surface area contributed by atoms with Crippen LogP contribution in [-0.4, -0.2) is 68.3 Å². The number of amides is 3. The fraction of sp³-hybridized carbons (Fsp3) is 0.694. The first-order valence-electron chi connectivity index (χ1n) is 18.2. The first-order valence-corrected chi connectivity index (χ1v) is 18.2. The molecule has 0 aromatic heterocycles. The fourth-order valence-electron chi connectivity index (χ4n) is 8.56. The molecule has 3 amide bonds. The Bertz CT molecular complexity index is 1380. The minimum Gasteiger partial charge on any atom is -0.428 e. The number of anilines is 1. The van der Waals surface area contributed by atoms with Crippen LogP contribution >= 0.6 is 0 Å². The Balaban J connectivity index is 0.981. The lowest BCUT2D eigenvalue weighted by molar-refractivity contribution is -0.680. The molecule has 5 saturated carbocycles. The number of ether oxygens (including phenoxy) is 4. The van der Waals surface area contributed by atoms with E-state index in [1.54, 1.807) is 0 Å². The third-order valence-corrected chi connectivity index (χ3v) is 10.9. The highest BCUT2D eigenvalue weighted by molar-refractivity contribution is 5.91. The van der Waals surface area contributed by atoms with Gasteiger partial charge < -0.3 is 34.9 Å². The summed E-state index contributed by atoms with van der Waals surface area (Å²) in [5.74, 6) is -0.799. The summed E-state index contributed by atoms with van der Waals surface area (Å²) in [7, 11) is 0. The summed E-state index contributed by atoms with van der Waals surface area (Å²) >= 11 is 0. The van der Waals surface area contributed by atoms with Gasteiger partial charge in [0.1, 0.15) is 0 Å². The van der Waals surface area contributed by atoms with Gasteiger partial charge in [0.25, 0.3) is 0 Å². The summed E-state index contributed by atoms with van der Waals surface area (Å²) in [4.78, 5) is 83.3. The molecular weight excluding hydrogens is 682 g/mol. The maximum absolute atomic E-state index is 13.3. The number of rotatable bonds is 13. The Hall–Kier alpha value is -3.99. The number of carbonyl (C=O) groups is 5. The summed E-state index contributed by atoms with van der Waals surface area (Å²) < 4.78 is 18.8. The van der Waals surface area contributed by atoms with Crippen molar-refractivity contribution < 1.29 is 62.5 Å². The van der Waals surface area contributed by atoms with Crippen molar-refractivity contribution in [1.29, 1.82) is 0 Å². The Morgan fingerprint density at radius 3 is 1.67 bits per heavy atom. The molecule has 4 bridgehead atoms. The predicted octanol–water partition coefficient (Wildman–Crippen LogP) is 4.54. The van der Waals surface area contributed by atoms with Crippen molar-refractivity contribution in [2.45, 2.75) is 102 Å². The largest absolute Gasteiger partial charge is 0.428 e. The zero-order valence-electron chi connectivity index (χ0n) is 29.7. The van der Waals surface area contributed by atoms with Gasteiger partial charge in [0.05, 0.1) is 0 Å². The number of alkyl carbamates (subject to hydrolysis) is 2. The van der Waals surface area contributed by atoms with Gasteiger partial charge in [0.15, 0.2) is 0 Å². The zero-order valence-corrected chi connectivity index (χ0v) is 29.7. The van der Waals surface area contributed by atoms with Crippen molar-refractivity contribution in [3.63, 3.8) is 0 Å². The number of esters is 2. The molecule has 2 spiro atoms. The van der Waals surface area contributed by atoms with Crippen LogP contribution in [0.1, 0.15) is 89.2 Å². The molecule has 1 aromatic carbocycles. The summed E-state index contributed by atoms with van der Waals surface area (Å²) in [6, 6.07) is 5.54. The van der Waals surface area contributed by atoms with Crippen LogP contribution in [0.5, 0.6) is 0 Å². The van der Waals surface area contributed by atoms with Gasteiger partial charge in [-0.1, -0.05) is 6.07 Å². The predicted molar refractivity (Wildman–Crippen MR) is 178 cm³/mol. The SMILES string of the molecule is CC(=O)OCOC(=O)NCCc1cc(CCNC(=O)OCOC(C)=O)cc(NC(=O)CC2CCC3(CC2)OOC2(OO3)C3CC4CC(C3)CC2C4)c1. The second kappa shape index (κ2) is 16.8. The minimum absolute atomic E-state index is 0.113. The molecule has 0 radical (unpaired) electrons. The van der Waals surface area contributed by atoms with E-state index in [4.69, 9.17) is 29.0 Å². The molecule has 1 saturated heterocycles. The molecule has 286 valence electrons. The molecule has 3 N–H and O–H groups in total. The van der Waals surface area contributed by atoms with E-state index in [9.17, 15) is 24.0 Å². The topological polar surface area (TPSA) is 195 Å². The first-order chi connectivity index (χ1) is 25.0. The van der Waals surface area contributed by atoms with Gasteiger partial charge in [-0.05, 0) is 98.8 Å². The maximum atomic E-state index is 13.3. The van der Waals surface area contributed by atoms with Crippen molar-refractivity contribution in [1.82, 2.24) is 10.6 Å². The third-order valence-electron chi connectivity index (χ3n) is 10.9. The molecule has 7 rings (SSSR count). The Labute approximate surface area is 302 Å². The van der Waals surface area contributed by atoms with Crippen LogP contribution in [0.15, 0.2) is 18.2 Å². The molecule has 1 heterocycles. The molecule has 6 fully saturated rings. The maximum Gasteiger partial charge on any atom is 0.410 e. The average Bonchev–Trinajstić information content (AvgIpc) is 3.08. The minimum atomic E-state index is -0.960. The van der Waals surface area contributed by atoms with E-state index in [0.29, 0.717) is 62.5 Å². The van der Waals surface area contributed by atoms with Gasteiger partial charge >= 0.3 is 24.1 Å². The highest BCUT2D eigenvalue weighted by atomic mass is 17.4. The number of benzene rings is 1. The van der Waals surface area contributed by atoms with Crippen LogP contribution in [0.2, 0.25) is 0 Å². The summed E-state index contributed by atoms with van der Waals surface area (Å²) in [6.07, 6.45) is 7.84. The van der Waals surface area contributed by atoms with Gasteiger partial charge in [-0.15, -0.1) is 0 Å². The smallest absolute Gasteiger partial charge is 0.410 e. The lowest BCUT2D eigenvalue weighted by Crippen LogP contribution is -2.64. The summed E-state index contributed by atoms with van der Waals surface area (Å²) in [5, 5.41) is 8.20. The lowest BCUT2D eigenvalue weighted by Gasteiger charge is -2.60. The number of nitrogens with one attached hydrogen (secondary N) is 3. The normalized spacial score (nSPS) is 30.0. The summed E-state index contributed by atoms with van der Waals surface area (Å²) in [6.45, 7) is 1.85. The van der Waals surface area contributed by atoms with E-state index < -0.39 is 49.3 Å². The highest BCUT2D eigenvalue weighted by Gasteiger charge is 2.64. The van der Waals surface area contributed by atoms with E-state index in [0.717, 1.165) is 48.6 Å². The van der Waals surface area contributed by atoms with Crippen LogP contribution in [0, 0.1) is 29.6 Å². The van der Waals surface area contributed by atoms with E-state index in [2.05, 4.69) is 25.4 Å². The molecule has 5 aliphatic carbocycles. The summed E-state index contributed by atoms with van der Waals surface area (Å²) in [5.41, 5.74) is 2.20. The van der Waals surface area contributed by atoms with Crippen molar-refractivity contribution >= 4 is 35.7 Å². The van der Waals surface area contributed by atoms with Crippen LogP contribution < -0.4 is 16.0 Å². The molecular formula is C36H49N3O13. The van der Waals surface area contributed by atoms with E-state index in [1.165, 1.54) is 20.3 Å². The van der Waals surface area contributed by atoms with Crippen LogP contribution in [0.3, 0.4) is 0 Å². The molecule has 1 aromatic rings. The second-order valence-corrected chi connectivity index (χ2v) is 14.7. The second-order valence-electron chi connectivity index (χ2n) is 14.7. The number of hydrogen-bond donors (Lipinski definition) is 3. The van der Waals surface area contributed by atoms with Gasteiger partial charge in [-0.25, -0.2) is 9.59 Å². The molecule has 0 atom stereocenters. The van der Waals surface area contributed by atoms with E-state index >= 15 is 0 Å². The number of hydrogen-bond acceptors (Lipinski definition) is 13. The Morgan fingerprint density at radius 1 is 0.692 bits per heavy atom. The van der Waals surface area contributed by atoms with Crippen molar-refractivity contribution in [3.8, 4) is 0 Å². The third kappa shape index (κ3) is 9.70. The van der Waals surface area contributed by atoms with E-state index in [1.807, 2.05) is 18.2 Å². The van der Waals surface area contributed by atoms with Gasteiger partial charge in [-0.3, -0.25) is 14.4 Å². The molecule has 16 heteroatoms. The molecule has 6 aliphatic rings. The number of carbonyl (C=O) groups excluding carboxylic acids is 5. The van der Waals surface area contributed by atoms with Gasteiger partial charge in [0.2, 0.25) is 31.1 Å². The van der Waals surface area contributed by atoms with Crippen LogP contribution in [-0.2, 0) is 65.7 Å². The molecule has 1 aliphatic heterocycles. The van der Waals surface area contributed by atoms with E-state index in [-0.39, 0.29) is 24.9 Å². The lowest BCUT2D eigenvalue weighted by atomic mass is 9.53. The Morgan fingerprint density at radius 2 is 1.19 bits per heavy atom. The van der Waals surface area contributed by atoms with Crippen LogP contribution in [0.25, 0.3) is 0 Å². The quantitative estimate of drug-likeness (QED) is 0.145. The standard InChI is InChI=1S/C36H49N3O13/c1-22(40)45-20-47-33(43)37-9-5-25-11-26(6-10-38-34(44)48-21-46-23(2)41)18-31(17-25)39-32(42)19-24-3-7-35(8-4-24)49-51-36(52-50-35)29-13-27-12-28(15-29)16-30(36)14-27/h11,17-18,24,27-30H,3-10,12-16,19-21H2,1-2H3,(H,37,43)(H,38,44)(H,39,42). The average molecular weight is 732 g/mol. The molecule has 16 nitrogen and oxygen atoms in total. The Kier molecular flexibility index (Phi) is 12.2. The zero-order chi connectivity index (χ0) is 36.7. The highest BCUT2D eigenvalue weighted by Crippen LogP contribution is 2.62. The van der Waals surface area contributed by atoms with Crippen molar-refractivity contribution in [2.75, 3.05) is 32.0 Å². The monoisotopic (exact) mass is 731 g/mol. The molecule has 52 heavy (non-hydrogen) atoms. The van der Waals surface area contributed by atoms with Gasteiger partial charge in [0, 0.05) is 63.7 Å². The first kappa shape index (κ1) is 37.8. The van der Waals surface area contributed by atoms with Gasteiger partial charge in [-0.2, -0.15) is 19.6 Å². The fourth-order valence-corrected chi connectivity index (χ4v) is 8.56. The van der Waals surface area contributed by atoms with Crippen molar-refractivity contribution in [3.05, 3.63) is 29.3 Å². The van der Waals surface area contributed by atoms with Crippen LogP contribution in [0.4, 0.5) is 15.3 Å².